The number of amides is 2. The molecule has 0 saturated heterocycles. The van der Waals surface area contributed by atoms with Crippen molar-refractivity contribution in [3.05, 3.63) is 119 Å². The van der Waals surface area contributed by atoms with E-state index in [-0.39, 0.29) is 74.1 Å². The lowest BCUT2D eigenvalue weighted by Gasteiger charge is -2.29. The Labute approximate surface area is 277 Å². The zero-order valence-electron chi connectivity index (χ0n) is 24.8. The van der Waals surface area contributed by atoms with Crippen LogP contribution >= 0.6 is 11.6 Å². The number of hydrogen-bond acceptors (Lipinski definition) is 2. The second-order valence-electron chi connectivity index (χ2n) is 11.3. The number of alkyl halides is 10. The van der Waals surface area contributed by atoms with Crippen LogP contribution in [0.25, 0.3) is 44.2 Å². The summed E-state index contributed by atoms with van der Waals surface area (Å²) in [6, 6.07) is 16.3. The van der Waals surface area contributed by atoms with Crippen LogP contribution in [0.4, 0.5) is 39.5 Å². The summed E-state index contributed by atoms with van der Waals surface area (Å²) in [5, 5.41) is 0.316. The number of nitrogens with zero attached hydrogens (tertiary/aromatic N) is 1. The number of imide groups is 1. The van der Waals surface area contributed by atoms with E-state index in [2.05, 4.69) is 0 Å². The Kier molecular flexibility index (Phi) is 8.50. The van der Waals surface area contributed by atoms with Crippen LogP contribution in [0.1, 0.15) is 43.8 Å². The maximum Gasteiger partial charge on any atom is 0.416 e. The number of hydrogen-bond donors (Lipinski definition) is 0. The Hall–Kier alpha value is -4.84. The first kappa shape index (κ1) is 34.0. The summed E-state index contributed by atoms with van der Waals surface area (Å²) in [4.78, 5) is 28.7. The summed E-state index contributed by atoms with van der Waals surface area (Å²) in [6.45, 7) is -0.0805. The highest BCUT2D eigenvalue weighted by atomic mass is 35.5. The molecule has 0 bridgehead atoms. The molecule has 0 aliphatic carbocycles. The highest BCUT2D eigenvalue weighted by molar-refractivity contribution is 6.29. The van der Waals surface area contributed by atoms with Crippen LogP contribution in [0, 0.1) is 0 Å². The maximum atomic E-state index is 13.9. The average molecular weight is 706 g/mol. The standard InChI is InChI=1S/C36H21ClF9NO2/c37-14-1-15-47-32(48)28-17-22(19-2-8-23(9-3-19)34(38,39)40)16-27-30(21-6-12-25(13-7-21)36(44,45)46)26(18-29(31(27)28)33(47)49)20-4-10-24(11-5-20)35(41,42)43/h2-13,16-18H,1,14-15H2. The van der Waals surface area contributed by atoms with Crippen molar-refractivity contribution in [1.82, 2.24) is 4.90 Å². The molecule has 5 aromatic carbocycles. The van der Waals surface area contributed by atoms with Gasteiger partial charge in [0.25, 0.3) is 11.8 Å². The van der Waals surface area contributed by atoms with Crippen molar-refractivity contribution in [2.45, 2.75) is 24.9 Å². The van der Waals surface area contributed by atoms with Gasteiger partial charge in [0, 0.05) is 28.9 Å². The minimum atomic E-state index is -4.68. The fourth-order valence-electron chi connectivity index (χ4n) is 5.93. The highest BCUT2D eigenvalue weighted by Gasteiger charge is 2.36. The van der Waals surface area contributed by atoms with Crippen LogP contribution in [-0.4, -0.2) is 29.1 Å². The van der Waals surface area contributed by atoms with E-state index in [9.17, 15) is 49.1 Å². The summed E-state index contributed by atoms with van der Waals surface area (Å²) in [6.07, 6.45) is -13.8. The molecule has 2 amide bonds. The van der Waals surface area contributed by atoms with E-state index in [0.717, 1.165) is 65.6 Å². The van der Waals surface area contributed by atoms with Gasteiger partial charge < -0.3 is 0 Å². The maximum absolute atomic E-state index is 13.9. The van der Waals surface area contributed by atoms with Gasteiger partial charge in [-0.25, -0.2) is 0 Å². The average Bonchev–Trinajstić information content (AvgIpc) is 3.05. The lowest BCUT2D eigenvalue weighted by molar-refractivity contribution is -0.138. The molecule has 6 rings (SSSR count). The van der Waals surface area contributed by atoms with Crippen LogP contribution in [-0.2, 0) is 18.5 Å². The van der Waals surface area contributed by atoms with Gasteiger partial charge in [0.15, 0.2) is 0 Å². The van der Waals surface area contributed by atoms with E-state index in [1.54, 1.807) is 0 Å². The summed E-state index contributed by atoms with van der Waals surface area (Å²) >= 11 is 5.85. The Balaban J connectivity index is 1.70. The third-order valence-corrected chi connectivity index (χ3v) is 8.54. The van der Waals surface area contributed by atoms with Gasteiger partial charge in [0.1, 0.15) is 0 Å². The van der Waals surface area contributed by atoms with Crippen molar-refractivity contribution < 1.29 is 49.1 Å². The van der Waals surface area contributed by atoms with E-state index in [1.165, 1.54) is 30.3 Å². The molecule has 0 fully saturated rings. The normalized spacial score (nSPS) is 13.8. The molecule has 0 saturated carbocycles. The molecule has 252 valence electrons. The molecular formula is C36H21ClF9NO2. The molecule has 5 aromatic rings. The van der Waals surface area contributed by atoms with Crippen molar-refractivity contribution in [2.24, 2.45) is 0 Å². The molecule has 0 radical (unpaired) electrons. The first-order valence-electron chi connectivity index (χ1n) is 14.6. The lowest BCUT2D eigenvalue weighted by atomic mass is 9.82. The second kappa shape index (κ2) is 12.2. The number of carbonyl (C=O) groups is 2. The Morgan fingerprint density at radius 2 is 0.939 bits per heavy atom. The van der Waals surface area contributed by atoms with Gasteiger partial charge >= 0.3 is 18.5 Å². The SMILES string of the molecule is O=C1c2cc(-c3ccc(C(F)(F)F)cc3)cc3c(-c4ccc(C(F)(F)F)cc4)c(-c4ccc(C(F)(F)F)cc4)cc(c23)C(=O)N1CCCCl. The van der Waals surface area contributed by atoms with E-state index < -0.39 is 47.0 Å². The first-order valence-corrected chi connectivity index (χ1v) is 15.1. The van der Waals surface area contributed by atoms with Crippen molar-refractivity contribution in [3.8, 4) is 33.4 Å². The quantitative estimate of drug-likeness (QED) is 0.100. The summed E-state index contributed by atoms with van der Waals surface area (Å²) in [5.41, 5.74) is -1.63. The van der Waals surface area contributed by atoms with Gasteiger partial charge in [0.05, 0.1) is 16.7 Å². The molecule has 0 aromatic heterocycles. The monoisotopic (exact) mass is 705 g/mol. The van der Waals surface area contributed by atoms with Gasteiger partial charge in [-0.05, 0) is 99.8 Å². The summed E-state index contributed by atoms with van der Waals surface area (Å²) in [5.74, 6) is -1.33. The van der Waals surface area contributed by atoms with Crippen molar-refractivity contribution in [1.29, 1.82) is 0 Å². The minimum absolute atomic E-state index is 0.00343. The molecule has 0 N–H and O–H groups in total. The molecule has 3 nitrogen and oxygen atoms in total. The Morgan fingerprint density at radius 1 is 0.510 bits per heavy atom. The fourth-order valence-corrected chi connectivity index (χ4v) is 6.05. The van der Waals surface area contributed by atoms with Gasteiger partial charge in [-0.2, -0.15) is 39.5 Å². The van der Waals surface area contributed by atoms with Crippen LogP contribution < -0.4 is 0 Å². The van der Waals surface area contributed by atoms with Crippen molar-refractivity contribution in [2.75, 3.05) is 12.4 Å². The van der Waals surface area contributed by atoms with Crippen molar-refractivity contribution >= 4 is 34.2 Å². The Bertz CT molecular complexity index is 2060. The van der Waals surface area contributed by atoms with E-state index in [4.69, 9.17) is 11.6 Å². The van der Waals surface area contributed by atoms with Gasteiger partial charge in [-0.3, -0.25) is 14.5 Å². The predicted molar refractivity (Wildman–Crippen MR) is 166 cm³/mol. The third-order valence-electron chi connectivity index (χ3n) is 8.27. The first-order chi connectivity index (χ1) is 23.0. The Morgan fingerprint density at radius 3 is 1.39 bits per heavy atom. The third kappa shape index (κ3) is 6.37. The largest absolute Gasteiger partial charge is 0.416 e. The van der Waals surface area contributed by atoms with Crippen molar-refractivity contribution in [3.63, 3.8) is 0 Å². The smallest absolute Gasteiger partial charge is 0.274 e. The van der Waals surface area contributed by atoms with E-state index in [1.807, 2.05) is 0 Å². The zero-order valence-corrected chi connectivity index (χ0v) is 25.6. The van der Waals surface area contributed by atoms with Gasteiger partial charge in [-0.1, -0.05) is 36.4 Å². The van der Waals surface area contributed by atoms with Gasteiger partial charge in [-0.15, -0.1) is 11.6 Å². The summed E-state index contributed by atoms with van der Waals surface area (Å²) in [7, 11) is 0. The van der Waals surface area contributed by atoms with E-state index in [0.29, 0.717) is 0 Å². The van der Waals surface area contributed by atoms with Crippen LogP contribution in [0.2, 0.25) is 0 Å². The molecule has 13 heteroatoms. The second-order valence-corrected chi connectivity index (χ2v) is 11.7. The molecule has 0 unspecified atom stereocenters. The molecule has 1 heterocycles. The lowest BCUT2D eigenvalue weighted by Crippen LogP contribution is -2.41. The number of rotatable bonds is 6. The molecule has 1 aliphatic heterocycles. The van der Waals surface area contributed by atoms with Crippen LogP contribution in [0.5, 0.6) is 0 Å². The zero-order chi connectivity index (χ0) is 35.5. The molecule has 49 heavy (non-hydrogen) atoms. The topological polar surface area (TPSA) is 37.4 Å². The summed E-state index contributed by atoms with van der Waals surface area (Å²) < 4.78 is 121. The molecule has 0 atom stereocenters. The highest BCUT2D eigenvalue weighted by Crippen LogP contribution is 2.46. The van der Waals surface area contributed by atoms with Crippen LogP contribution in [0.15, 0.2) is 91.0 Å². The molecular weight excluding hydrogens is 685 g/mol. The number of benzene rings is 5. The molecule has 1 aliphatic rings. The molecule has 0 spiro atoms. The van der Waals surface area contributed by atoms with Crippen LogP contribution in [0.3, 0.4) is 0 Å². The fraction of sp³-hybridized carbons (Fsp3) is 0.167. The minimum Gasteiger partial charge on any atom is -0.274 e. The predicted octanol–water partition coefficient (Wildman–Crippen LogP) is 11.1. The number of halogens is 10. The van der Waals surface area contributed by atoms with Gasteiger partial charge in [0.2, 0.25) is 0 Å². The number of carbonyl (C=O) groups excluding carboxylic acids is 2. The van der Waals surface area contributed by atoms with E-state index >= 15 is 0 Å².